The van der Waals surface area contributed by atoms with Crippen LogP contribution in [0.4, 0.5) is 19.0 Å². The molecule has 0 aromatic carbocycles. The van der Waals surface area contributed by atoms with E-state index in [2.05, 4.69) is 20.0 Å². The topological polar surface area (TPSA) is 47.0 Å². The highest BCUT2D eigenvalue weighted by atomic mass is 19.4. The maximum Gasteiger partial charge on any atom is 0.411 e. The number of nitrogens with zero attached hydrogens (tertiary/aromatic N) is 2. The first kappa shape index (κ1) is 15.7. The van der Waals surface area contributed by atoms with Crippen molar-refractivity contribution < 1.29 is 17.9 Å². The highest BCUT2D eigenvalue weighted by Gasteiger charge is 2.27. The molecule has 4 nitrogen and oxygen atoms in total. The predicted molar refractivity (Wildman–Crippen MR) is 66.0 cm³/mol. The molecule has 7 heteroatoms. The molecule has 0 atom stereocenters. The lowest BCUT2D eigenvalue weighted by atomic mass is 10.2. The van der Waals surface area contributed by atoms with Gasteiger partial charge in [0.1, 0.15) is 19.0 Å². The van der Waals surface area contributed by atoms with Crippen LogP contribution in [0.25, 0.3) is 0 Å². The molecule has 1 N–H and O–H groups in total. The van der Waals surface area contributed by atoms with Gasteiger partial charge in [0.15, 0.2) is 5.82 Å². The second-order valence-electron chi connectivity index (χ2n) is 4.23. The predicted octanol–water partition coefficient (Wildman–Crippen LogP) is 2.99. The first-order valence-corrected chi connectivity index (χ1v) is 6.06. The second-order valence-corrected chi connectivity index (χ2v) is 4.23. The van der Waals surface area contributed by atoms with Crippen LogP contribution in [0, 0.1) is 13.8 Å². The van der Waals surface area contributed by atoms with E-state index in [9.17, 15) is 13.2 Å². The van der Waals surface area contributed by atoms with Crippen molar-refractivity contribution >= 4 is 5.82 Å². The third-order valence-electron chi connectivity index (χ3n) is 2.47. The van der Waals surface area contributed by atoms with Gasteiger partial charge in [-0.3, -0.25) is 0 Å². The number of anilines is 1. The summed E-state index contributed by atoms with van der Waals surface area (Å²) in [5.74, 6) is 0.908. The Kier molecular flexibility index (Phi) is 5.53. The Balaban J connectivity index is 2.71. The highest BCUT2D eigenvalue weighted by molar-refractivity contribution is 5.45. The Morgan fingerprint density at radius 3 is 2.47 bits per heavy atom. The van der Waals surface area contributed by atoms with Crippen molar-refractivity contribution in [1.82, 2.24) is 9.97 Å². The number of aromatic nitrogens is 2. The molecule has 1 heterocycles. The minimum Gasteiger partial charge on any atom is -0.370 e. The zero-order chi connectivity index (χ0) is 14.5. The molecule has 0 fully saturated rings. The summed E-state index contributed by atoms with van der Waals surface area (Å²) in [6, 6.07) is 0. The van der Waals surface area contributed by atoms with E-state index in [-0.39, 0.29) is 12.4 Å². The standard InChI is InChI=1S/C12H18F3N3O/c1-4-5-16-11-8(2)9(3)17-10(18-11)6-19-7-12(13,14)15/h4-7H2,1-3H3,(H,16,17,18). The fourth-order valence-corrected chi connectivity index (χ4v) is 1.42. The van der Waals surface area contributed by atoms with Crippen LogP contribution in [0.15, 0.2) is 0 Å². The van der Waals surface area contributed by atoms with Crippen LogP contribution in [-0.4, -0.2) is 29.3 Å². The molecule has 0 saturated carbocycles. The zero-order valence-electron chi connectivity index (χ0n) is 11.3. The number of hydrogen-bond acceptors (Lipinski definition) is 4. The highest BCUT2D eigenvalue weighted by Crippen LogP contribution is 2.17. The molecule has 19 heavy (non-hydrogen) atoms. The van der Waals surface area contributed by atoms with E-state index in [1.807, 2.05) is 13.8 Å². The molecule has 0 aliphatic carbocycles. The number of halogens is 3. The van der Waals surface area contributed by atoms with E-state index in [0.29, 0.717) is 5.82 Å². The molecule has 0 spiro atoms. The smallest absolute Gasteiger partial charge is 0.370 e. The first-order chi connectivity index (χ1) is 8.83. The van der Waals surface area contributed by atoms with Crippen molar-refractivity contribution in [1.29, 1.82) is 0 Å². The number of aryl methyl sites for hydroxylation is 1. The van der Waals surface area contributed by atoms with Gasteiger partial charge in [0.2, 0.25) is 0 Å². The molecule has 108 valence electrons. The molecule has 0 aliphatic heterocycles. The van der Waals surface area contributed by atoms with Crippen LogP contribution in [-0.2, 0) is 11.3 Å². The lowest BCUT2D eigenvalue weighted by Crippen LogP contribution is -2.18. The third-order valence-corrected chi connectivity index (χ3v) is 2.47. The summed E-state index contributed by atoms with van der Waals surface area (Å²) in [5, 5.41) is 3.12. The van der Waals surface area contributed by atoms with E-state index in [4.69, 9.17) is 0 Å². The maximum absolute atomic E-state index is 12.0. The van der Waals surface area contributed by atoms with Crippen LogP contribution < -0.4 is 5.32 Å². The van der Waals surface area contributed by atoms with E-state index in [0.717, 1.165) is 24.2 Å². The maximum atomic E-state index is 12.0. The average Bonchev–Trinajstić information content (AvgIpc) is 2.30. The Morgan fingerprint density at radius 2 is 1.89 bits per heavy atom. The molecule has 1 aromatic rings. The van der Waals surface area contributed by atoms with Gasteiger partial charge < -0.3 is 10.1 Å². The molecule has 1 aromatic heterocycles. The summed E-state index contributed by atoms with van der Waals surface area (Å²) in [5.41, 5.74) is 1.63. The van der Waals surface area contributed by atoms with Crippen LogP contribution in [0.1, 0.15) is 30.4 Å². The minimum atomic E-state index is -4.33. The van der Waals surface area contributed by atoms with Crippen molar-refractivity contribution in [3.63, 3.8) is 0 Å². The monoisotopic (exact) mass is 277 g/mol. The van der Waals surface area contributed by atoms with Crippen LogP contribution >= 0.6 is 0 Å². The van der Waals surface area contributed by atoms with Gasteiger partial charge in [-0.25, -0.2) is 9.97 Å². The Morgan fingerprint density at radius 1 is 1.21 bits per heavy atom. The van der Waals surface area contributed by atoms with Gasteiger partial charge >= 0.3 is 6.18 Å². The summed E-state index contributed by atoms with van der Waals surface area (Å²) in [6.45, 7) is 4.89. The summed E-state index contributed by atoms with van der Waals surface area (Å²) < 4.78 is 40.5. The van der Waals surface area contributed by atoms with Gasteiger partial charge in [-0.05, 0) is 20.3 Å². The fraction of sp³-hybridized carbons (Fsp3) is 0.667. The van der Waals surface area contributed by atoms with Crippen LogP contribution in [0.5, 0.6) is 0 Å². The second kappa shape index (κ2) is 6.70. The molecule has 0 unspecified atom stereocenters. The molecular formula is C12H18F3N3O. The largest absolute Gasteiger partial charge is 0.411 e. The van der Waals surface area contributed by atoms with Gasteiger partial charge in [-0.1, -0.05) is 6.92 Å². The molecule has 0 saturated heterocycles. The quantitative estimate of drug-likeness (QED) is 0.868. The average molecular weight is 277 g/mol. The normalized spacial score (nSPS) is 11.7. The van der Waals surface area contributed by atoms with Crippen LogP contribution in [0.2, 0.25) is 0 Å². The van der Waals surface area contributed by atoms with E-state index < -0.39 is 12.8 Å². The van der Waals surface area contributed by atoms with Crippen molar-refractivity contribution in [2.45, 2.75) is 40.0 Å². The van der Waals surface area contributed by atoms with E-state index >= 15 is 0 Å². The van der Waals surface area contributed by atoms with E-state index in [1.54, 1.807) is 6.92 Å². The number of ether oxygens (including phenoxy) is 1. The van der Waals surface area contributed by atoms with Gasteiger partial charge in [-0.2, -0.15) is 13.2 Å². The fourth-order valence-electron chi connectivity index (χ4n) is 1.42. The van der Waals surface area contributed by atoms with Crippen LogP contribution in [0.3, 0.4) is 0 Å². The van der Waals surface area contributed by atoms with Gasteiger partial charge in [-0.15, -0.1) is 0 Å². The zero-order valence-corrected chi connectivity index (χ0v) is 11.3. The molecule has 0 radical (unpaired) electrons. The number of nitrogens with one attached hydrogen (secondary N) is 1. The van der Waals surface area contributed by atoms with Gasteiger partial charge in [0, 0.05) is 17.8 Å². The Hall–Kier alpha value is -1.37. The van der Waals surface area contributed by atoms with Gasteiger partial charge in [0.05, 0.1) is 0 Å². The SMILES string of the molecule is CCCNc1nc(COCC(F)(F)F)nc(C)c1C. The lowest BCUT2D eigenvalue weighted by Gasteiger charge is -2.12. The number of alkyl halides is 3. The summed E-state index contributed by atoms with van der Waals surface area (Å²) in [4.78, 5) is 8.29. The Bertz CT molecular complexity index is 421. The lowest BCUT2D eigenvalue weighted by molar-refractivity contribution is -0.177. The van der Waals surface area contributed by atoms with Crippen molar-refractivity contribution in [2.24, 2.45) is 0 Å². The summed E-state index contributed by atoms with van der Waals surface area (Å²) >= 11 is 0. The summed E-state index contributed by atoms with van der Waals surface area (Å²) in [7, 11) is 0. The number of rotatable bonds is 6. The Labute approximate surface area is 110 Å². The van der Waals surface area contributed by atoms with Crippen molar-refractivity contribution in [2.75, 3.05) is 18.5 Å². The summed E-state index contributed by atoms with van der Waals surface area (Å²) in [6.07, 6.45) is -3.40. The number of hydrogen-bond donors (Lipinski definition) is 1. The van der Waals surface area contributed by atoms with Crippen molar-refractivity contribution in [3.8, 4) is 0 Å². The molecular weight excluding hydrogens is 259 g/mol. The molecule has 1 rings (SSSR count). The third kappa shape index (κ3) is 5.42. The van der Waals surface area contributed by atoms with Crippen molar-refractivity contribution in [3.05, 3.63) is 17.1 Å². The van der Waals surface area contributed by atoms with Gasteiger partial charge in [0.25, 0.3) is 0 Å². The molecule has 0 amide bonds. The molecule has 0 bridgehead atoms. The first-order valence-electron chi connectivity index (χ1n) is 6.06. The molecule has 0 aliphatic rings. The minimum absolute atomic E-state index is 0.249. The van der Waals surface area contributed by atoms with E-state index in [1.165, 1.54) is 0 Å².